The number of carbonyl (C=O) groups is 1. The van der Waals surface area contributed by atoms with Crippen molar-refractivity contribution in [2.24, 2.45) is 5.92 Å². The first-order valence-electron chi connectivity index (χ1n) is 7.95. The van der Waals surface area contributed by atoms with Crippen molar-refractivity contribution in [1.82, 2.24) is 10.2 Å². The Kier molecular flexibility index (Phi) is 5.82. The van der Waals surface area contributed by atoms with Crippen molar-refractivity contribution in [3.05, 3.63) is 29.6 Å². The van der Waals surface area contributed by atoms with Crippen LogP contribution < -0.4 is 10.1 Å². The first kappa shape index (κ1) is 17.5. The predicted molar refractivity (Wildman–Crippen MR) is 85.9 cm³/mol. The number of methoxy groups -OCH3 is 1. The van der Waals surface area contributed by atoms with Crippen molar-refractivity contribution in [1.29, 1.82) is 0 Å². The van der Waals surface area contributed by atoms with Crippen molar-refractivity contribution >= 4 is 6.03 Å². The molecule has 0 radical (unpaired) electrons. The third-order valence-electron chi connectivity index (χ3n) is 4.49. The Morgan fingerprint density at radius 3 is 2.87 bits per heavy atom. The van der Waals surface area contributed by atoms with Gasteiger partial charge in [0.25, 0.3) is 0 Å². The van der Waals surface area contributed by atoms with Gasteiger partial charge >= 0.3 is 6.03 Å². The molecule has 5 nitrogen and oxygen atoms in total. The van der Waals surface area contributed by atoms with Crippen LogP contribution in [0.1, 0.15) is 37.8 Å². The number of nitrogens with zero attached hydrogens (tertiary/aromatic N) is 1. The average molecular weight is 324 g/mol. The van der Waals surface area contributed by atoms with Crippen LogP contribution in [-0.2, 0) is 0 Å². The minimum absolute atomic E-state index is 0.145. The van der Waals surface area contributed by atoms with Crippen molar-refractivity contribution in [3.8, 4) is 5.75 Å². The molecule has 6 heteroatoms. The SMILES string of the molecule is COc1cc(C(C)NC(=O)N(C)CC2CCCC2O)ccc1F. The molecule has 128 valence electrons. The van der Waals surface area contributed by atoms with E-state index in [-0.39, 0.29) is 29.8 Å². The van der Waals surface area contributed by atoms with E-state index in [1.807, 2.05) is 6.92 Å². The van der Waals surface area contributed by atoms with Crippen LogP contribution >= 0.6 is 0 Å². The van der Waals surface area contributed by atoms with Crippen LogP contribution in [0.3, 0.4) is 0 Å². The summed E-state index contributed by atoms with van der Waals surface area (Å²) >= 11 is 0. The third-order valence-corrected chi connectivity index (χ3v) is 4.49. The molecule has 3 unspecified atom stereocenters. The van der Waals surface area contributed by atoms with E-state index in [1.165, 1.54) is 13.2 Å². The Bertz CT molecular complexity index is 553. The minimum atomic E-state index is -0.429. The van der Waals surface area contributed by atoms with Crippen LogP contribution in [-0.4, -0.2) is 42.8 Å². The summed E-state index contributed by atoms with van der Waals surface area (Å²) in [5.41, 5.74) is 0.769. The maximum atomic E-state index is 13.4. The van der Waals surface area contributed by atoms with Gasteiger partial charge in [-0.3, -0.25) is 0 Å². The highest BCUT2D eigenvalue weighted by Crippen LogP contribution is 2.26. The van der Waals surface area contributed by atoms with Crippen molar-refractivity contribution in [2.45, 2.75) is 38.3 Å². The third kappa shape index (κ3) is 4.34. The highest BCUT2D eigenvalue weighted by Gasteiger charge is 2.27. The van der Waals surface area contributed by atoms with E-state index in [0.29, 0.717) is 6.54 Å². The smallest absolute Gasteiger partial charge is 0.317 e. The Labute approximate surface area is 136 Å². The normalized spacial score (nSPS) is 21.8. The topological polar surface area (TPSA) is 61.8 Å². The lowest BCUT2D eigenvalue weighted by Crippen LogP contribution is -2.42. The van der Waals surface area contributed by atoms with E-state index < -0.39 is 5.82 Å². The summed E-state index contributed by atoms with van der Waals surface area (Å²) in [6.07, 6.45) is 2.45. The van der Waals surface area contributed by atoms with E-state index in [9.17, 15) is 14.3 Å². The van der Waals surface area contributed by atoms with Crippen LogP contribution in [0.2, 0.25) is 0 Å². The molecule has 0 aliphatic heterocycles. The Morgan fingerprint density at radius 2 is 2.26 bits per heavy atom. The molecule has 23 heavy (non-hydrogen) atoms. The number of rotatable bonds is 5. The number of urea groups is 1. The van der Waals surface area contributed by atoms with E-state index >= 15 is 0 Å². The van der Waals surface area contributed by atoms with Gasteiger partial charge in [-0.1, -0.05) is 12.5 Å². The van der Waals surface area contributed by atoms with Crippen LogP contribution in [0.15, 0.2) is 18.2 Å². The standard InChI is InChI=1S/C17H25FN2O3/c1-11(12-7-8-14(18)16(9-12)23-3)19-17(22)20(2)10-13-5-4-6-15(13)21/h7-9,11,13,15,21H,4-6,10H2,1-3H3,(H,19,22). The molecule has 0 aromatic heterocycles. The Hall–Kier alpha value is -1.82. The van der Waals surface area contributed by atoms with Crippen molar-refractivity contribution in [3.63, 3.8) is 0 Å². The molecule has 0 bridgehead atoms. The number of amides is 2. The number of aliphatic hydroxyl groups is 1. The average Bonchev–Trinajstić information content (AvgIpc) is 2.92. The van der Waals surface area contributed by atoms with Gasteiger partial charge in [0, 0.05) is 19.5 Å². The molecular weight excluding hydrogens is 299 g/mol. The van der Waals surface area contributed by atoms with Gasteiger partial charge in [-0.25, -0.2) is 9.18 Å². The fraction of sp³-hybridized carbons (Fsp3) is 0.588. The van der Waals surface area contributed by atoms with Gasteiger partial charge in [0.2, 0.25) is 0 Å². The van der Waals surface area contributed by atoms with Gasteiger partial charge in [0.1, 0.15) is 0 Å². The van der Waals surface area contributed by atoms with Crippen molar-refractivity contribution in [2.75, 3.05) is 20.7 Å². The number of hydrogen-bond acceptors (Lipinski definition) is 3. The largest absolute Gasteiger partial charge is 0.494 e. The van der Waals surface area contributed by atoms with Crippen LogP contribution in [0.5, 0.6) is 5.75 Å². The molecule has 1 aromatic rings. The number of benzene rings is 1. The molecular formula is C17H25FN2O3. The highest BCUT2D eigenvalue weighted by molar-refractivity contribution is 5.74. The van der Waals surface area contributed by atoms with Gasteiger partial charge in [0.05, 0.1) is 19.3 Å². The van der Waals surface area contributed by atoms with Crippen LogP contribution in [0, 0.1) is 11.7 Å². The number of nitrogens with one attached hydrogen (secondary N) is 1. The van der Waals surface area contributed by atoms with Gasteiger partial charge in [-0.15, -0.1) is 0 Å². The summed E-state index contributed by atoms with van der Waals surface area (Å²) in [7, 11) is 3.13. The lowest BCUT2D eigenvalue weighted by atomic mass is 10.1. The maximum absolute atomic E-state index is 13.4. The molecule has 2 amide bonds. The molecule has 0 heterocycles. The van der Waals surface area contributed by atoms with Gasteiger partial charge in [-0.2, -0.15) is 0 Å². The number of carbonyl (C=O) groups excluding carboxylic acids is 1. The van der Waals surface area contributed by atoms with E-state index in [2.05, 4.69) is 5.32 Å². The minimum Gasteiger partial charge on any atom is -0.494 e. The summed E-state index contributed by atoms with van der Waals surface area (Å²) in [4.78, 5) is 13.9. The molecule has 1 aliphatic carbocycles. The maximum Gasteiger partial charge on any atom is 0.317 e. The molecule has 0 saturated heterocycles. The lowest BCUT2D eigenvalue weighted by molar-refractivity contribution is 0.113. The van der Waals surface area contributed by atoms with E-state index in [0.717, 1.165) is 24.8 Å². The van der Waals surface area contributed by atoms with Gasteiger partial charge in [0.15, 0.2) is 11.6 Å². The summed E-state index contributed by atoms with van der Waals surface area (Å²) < 4.78 is 18.4. The number of ether oxygens (including phenoxy) is 1. The molecule has 1 aromatic carbocycles. The summed E-state index contributed by atoms with van der Waals surface area (Å²) in [5, 5.41) is 12.7. The highest BCUT2D eigenvalue weighted by atomic mass is 19.1. The molecule has 1 fully saturated rings. The second-order valence-electron chi connectivity index (χ2n) is 6.20. The van der Waals surface area contributed by atoms with Crippen LogP contribution in [0.25, 0.3) is 0 Å². The van der Waals surface area contributed by atoms with Gasteiger partial charge in [-0.05, 0) is 37.5 Å². The quantitative estimate of drug-likeness (QED) is 0.875. The van der Waals surface area contributed by atoms with Crippen molar-refractivity contribution < 1.29 is 19.0 Å². The summed E-state index contributed by atoms with van der Waals surface area (Å²) in [6, 6.07) is 4.06. The Morgan fingerprint density at radius 1 is 1.52 bits per heavy atom. The fourth-order valence-electron chi connectivity index (χ4n) is 2.99. The molecule has 3 atom stereocenters. The zero-order valence-corrected chi connectivity index (χ0v) is 13.9. The molecule has 1 aliphatic rings. The number of hydrogen-bond donors (Lipinski definition) is 2. The molecule has 1 saturated carbocycles. The van der Waals surface area contributed by atoms with E-state index in [1.54, 1.807) is 24.1 Å². The van der Waals surface area contributed by atoms with E-state index in [4.69, 9.17) is 4.74 Å². The second-order valence-corrected chi connectivity index (χ2v) is 6.20. The first-order chi connectivity index (χ1) is 10.9. The summed E-state index contributed by atoms with van der Waals surface area (Å²) in [5.74, 6) is -0.125. The monoisotopic (exact) mass is 324 g/mol. The van der Waals surface area contributed by atoms with Crippen LogP contribution in [0.4, 0.5) is 9.18 Å². The predicted octanol–water partition coefficient (Wildman–Crippen LogP) is 2.70. The zero-order valence-electron chi connectivity index (χ0n) is 13.9. The molecule has 2 rings (SSSR count). The molecule has 0 spiro atoms. The zero-order chi connectivity index (χ0) is 17.0. The fourth-order valence-corrected chi connectivity index (χ4v) is 2.99. The number of halogens is 1. The second kappa shape index (κ2) is 7.64. The molecule has 2 N–H and O–H groups in total. The number of aliphatic hydroxyl groups excluding tert-OH is 1. The first-order valence-corrected chi connectivity index (χ1v) is 7.95. The lowest BCUT2D eigenvalue weighted by Gasteiger charge is -2.25. The summed E-state index contributed by atoms with van der Waals surface area (Å²) in [6.45, 7) is 2.37. The Balaban J connectivity index is 1.93. The van der Waals surface area contributed by atoms with Gasteiger partial charge < -0.3 is 20.1 Å².